The quantitative estimate of drug-likeness (QED) is 0.860. The second kappa shape index (κ2) is 7.05. The molecule has 138 valence electrons. The molecule has 1 heterocycles. The highest BCUT2D eigenvalue weighted by atomic mass is 32.2. The number of nitrogens with zero attached hydrogens (tertiary/aromatic N) is 2. The van der Waals surface area contributed by atoms with Gasteiger partial charge in [0.1, 0.15) is 0 Å². The van der Waals surface area contributed by atoms with Gasteiger partial charge >= 0.3 is 5.97 Å². The van der Waals surface area contributed by atoms with Gasteiger partial charge in [-0.15, -0.1) is 0 Å². The molecule has 0 aromatic heterocycles. The molecule has 1 aliphatic carbocycles. The van der Waals surface area contributed by atoms with Crippen LogP contribution in [0, 0.1) is 5.92 Å². The third kappa shape index (κ3) is 3.73. The van der Waals surface area contributed by atoms with E-state index in [4.69, 9.17) is 0 Å². The van der Waals surface area contributed by atoms with Crippen LogP contribution >= 0.6 is 0 Å². The Balaban J connectivity index is 1.87. The van der Waals surface area contributed by atoms with Crippen LogP contribution in [0.25, 0.3) is 0 Å². The number of benzene rings is 1. The fraction of sp³-hybridized carbons (Fsp3) is 0.611. The minimum atomic E-state index is -3.65. The molecule has 1 fully saturated rings. The van der Waals surface area contributed by atoms with E-state index < -0.39 is 16.0 Å². The minimum Gasteiger partial charge on any atom is -0.478 e. The Hall–Kier alpha value is -1.44. The van der Waals surface area contributed by atoms with Crippen LogP contribution in [0.4, 0.5) is 0 Å². The molecule has 1 saturated heterocycles. The lowest BCUT2D eigenvalue weighted by molar-refractivity contribution is 0.0696. The van der Waals surface area contributed by atoms with Gasteiger partial charge < -0.3 is 10.0 Å². The van der Waals surface area contributed by atoms with E-state index >= 15 is 0 Å². The Bertz CT molecular complexity index is 766. The molecule has 0 bridgehead atoms. The molecule has 0 radical (unpaired) electrons. The van der Waals surface area contributed by atoms with E-state index in [0.29, 0.717) is 25.4 Å². The number of aromatic carboxylic acids is 1. The van der Waals surface area contributed by atoms with Crippen molar-refractivity contribution < 1.29 is 18.3 Å². The first kappa shape index (κ1) is 18.4. The van der Waals surface area contributed by atoms with Gasteiger partial charge in [0, 0.05) is 32.7 Å². The van der Waals surface area contributed by atoms with Crippen LogP contribution in [-0.2, 0) is 22.9 Å². The first-order valence-electron chi connectivity index (χ1n) is 8.90. The minimum absolute atomic E-state index is 0.0673. The van der Waals surface area contributed by atoms with Crippen molar-refractivity contribution in [2.24, 2.45) is 5.92 Å². The Morgan fingerprint density at radius 2 is 1.84 bits per heavy atom. The van der Waals surface area contributed by atoms with Crippen molar-refractivity contribution in [1.29, 1.82) is 0 Å². The molecular weight excluding hydrogens is 340 g/mol. The smallest absolute Gasteiger partial charge is 0.335 e. The first-order valence-corrected chi connectivity index (χ1v) is 10.3. The number of sulfonamides is 1. The average molecular weight is 366 g/mol. The van der Waals surface area contributed by atoms with Gasteiger partial charge in [0.15, 0.2) is 0 Å². The third-order valence-electron chi connectivity index (χ3n) is 4.99. The summed E-state index contributed by atoms with van der Waals surface area (Å²) < 4.78 is 27.8. The van der Waals surface area contributed by atoms with Gasteiger partial charge in [0.05, 0.1) is 10.5 Å². The predicted molar refractivity (Wildman–Crippen MR) is 95.5 cm³/mol. The summed E-state index contributed by atoms with van der Waals surface area (Å²) in [6.07, 6.45) is 2.33. The number of aryl methyl sites for hydroxylation is 1. The zero-order chi connectivity index (χ0) is 18.2. The Morgan fingerprint density at radius 3 is 2.44 bits per heavy atom. The molecule has 6 nitrogen and oxygen atoms in total. The van der Waals surface area contributed by atoms with E-state index in [1.54, 1.807) is 6.07 Å². The van der Waals surface area contributed by atoms with Gasteiger partial charge in [-0.3, -0.25) is 0 Å². The highest BCUT2D eigenvalue weighted by molar-refractivity contribution is 7.89. The highest BCUT2D eigenvalue weighted by Crippen LogP contribution is 2.32. The van der Waals surface area contributed by atoms with E-state index in [2.05, 4.69) is 18.7 Å². The standard InChI is InChI=1S/C18H26N2O4S/c1-13(2)12-19-6-8-20(9-7-19)25(23,24)17-11-15(18(21)22)10-14-4-3-5-16(14)17/h10-11,13H,3-9,12H2,1-2H3,(H,21,22). The normalized spacial score (nSPS) is 19.3. The number of fused-ring (bicyclic) bond motifs is 1. The van der Waals surface area contributed by atoms with Gasteiger partial charge in [-0.2, -0.15) is 4.31 Å². The van der Waals surface area contributed by atoms with Gasteiger partial charge in [-0.25, -0.2) is 13.2 Å². The molecule has 1 aromatic carbocycles. The molecule has 1 aromatic rings. The Morgan fingerprint density at radius 1 is 1.16 bits per heavy atom. The summed E-state index contributed by atoms with van der Waals surface area (Å²) >= 11 is 0. The SMILES string of the molecule is CC(C)CN1CCN(S(=O)(=O)c2cc(C(=O)O)cc3c2CCC3)CC1. The molecule has 0 saturated carbocycles. The van der Waals surface area contributed by atoms with Crippen molar-refractivity contribution in [3.63, 3.8) is 0 Å². The van der Waals surface area contributed by atoms with Crippen LogP contribution in [0.15, 0.2) is 17.0 Å². The molecule has 0 unspecified atom stereocenters. The van der Waals surface area contributed by atoms with Crippen molar-refractivity contribution in [1.82, 2.24) is 9.21 Å². The molecule has 0 amide bonds. The summed E-state index contributed by atoms with van der Waals surface area (Å²) in [6.45, 7) is 7.64. The van der Waals surface area contributed by atoms with Crippen LogP contribution < -0.4 is 0 Å². The van der Waals surface area contributed by atoms with Gasteiger partial charge in [0.25, 0.3) is 0 Å². The maximum Gasteiger partial charge on any atom is 0.335 e. The van der Waals surface area contributed by atoms with Crippen molar-refractivity contribution in [2.75, 3.05) is 32.7 Å². The monoisotopic (exact) mass is 366 g/mol. The zero-order valence-electron chi connectivity index (χ0n) is 14.9. The lowest BCUT2D eigenvalue weighted by Crippen LogP contribution is -2.49. The summed E-state index contributed by atoms with van der Waals surface area (Å²) in [7, 11) is -3.65. The fourth-order valence-electron chi connectivity index (χ4n) is 3.83. The number of carbonyl (C=O) groups is 1. The first-order chi connectivity index (χ1) is 11.8. The number of rotatable bonds is 5. The van der Waals surface area contributed by atoms with Gasteiger partial charge in [-0.1, -0.05) is 13.8 Å². The molecule has 2 aliphatic rings. The van der Waals surface area contributed by atoms with Crippen molar-refractivity contribution in [3.8, 4) is 0 Å². The summed E-state index contributed by atoms with van der Waals surface area (Å²) in [5.41, 5.74) is 1.75. The van der Waals surface area contributed by atoms with Crippen molar-refractivity contribution >= 4 is 16.0 Å². The van der Waals surface area contributed by atoms with Crippen LogP contribution in [0.3, 0.4) is 0 Å². The van der Waals surface area contributed by atoms with Gasteiger partial charge in [0.2, 0.25) is 10.0 Å². The van der Waals surface area contributed by atoms with Gasteiger partial charge in [-0.05, 0) is 48.4 Å². The Labute approximate surface area is 149 Å². The molecule has 0 atom stereocenters. The number of hydrogen-bond acceptors (Lipinski definition) is 4. The molecule has 7 heteroatoms. The lowest BCUT2D eigenvalue weighted by atomic mass is 10.1. The molecule has 1 aliphatic heterocycles. The number of carboxylic acids is 1. The highest BCUT2D eigenvalue weighted by Gasteiger charge is 2.33. The molecule has 3 rings (SSSR count). The van der Waals surface area contributed by atoms with Crippen molar-refractivity contribution in [2.45, 2.75) is 38.0 Å². The third-order valence-corrected chi connectivity index (χ3v) is 6.96. The summed E-state index contributed by atoms with van der Waals surface area (Å²) in [5.74, 6) is -0.522. The average Bonchev–Trinajstić information content (AvgIpc) is 3.02. The fourth-order valence-corrected chi connectivity index (χ4v) is 5.57. The van der Waals surface area contributed by atoms with Crippen molar-refractivity contribution in [3.05, 3.63) is 28.8 Å². The predicted octanol–water partition coefficient (Wildman–Crippen LogP) is 1.84. The number of carboxylic acid groups (broad SMARTS) is 1. The topological polar surface area (TPSA) is 77.9 Å². The van der Waals surface area contributed by atoms with E-state index in [9.17, 15) is 18.3 Å². The lowest BCUT2D eigenvalue weighted by Gasteiger charge is -2.35. The summed E-state index contributed by atoms with van der Waals surface area (Å²) in [5, 5.41) is 9.32. The van der Waals surface area contributed by atoms with E-state index in [1.807, 2.05) is 0 Å². The molecule has 1 N–H and O–H groups in total. The second-order valence-corrected chi connectivity index (χ2v) is 9.28. The molecular formula is C18H26N2O4S. The zero-order valence-corrected chi connectivity index (χ0v) is 15.7. The second-order valence-electron chi connectivity index (χ2n) is 7.37. The van der Waals surface area contributed by atoms with Crippen LogP contribution in [0.2, 0.25) is 0 Å². The Kier molecular flexibility index (Phi) is 5.18. The van der Waals surface area contributed by atoms with E-state index in [0.717, 1.165) is 43.6 Å². The largest absolute Gasteiger partial charge is 0.478 e. The maximum absolute atomic E-state index is 13.2. The van der Waals surface area contributed by atoms with E-state index in [1.165, 1.54) is 10.4 Å². The van der Waals surface area contributed by atoms with E-state index in [-0.39, 0.29) is 10.5 Å². The molecule has 25 heavy (non-hydrogen) atoms. The van der Waals surface area contributed by atoms with Crippen LogP contribution in [0.1, 0.15) is 41.8 Å². The van der Waals surface area contributed by atoms with Crippen LogP contribution in [-0.4, -0.2) is 61.4 Å². The molecule has 0 spiro atoms. The number of hydrogen-bond donors (Lipinski definition) is 1. The maximum atomic E-state index is 13.2. The summed E-state index contributed by atoms with van der Waals surface area (Å²) in [4.78, 5) is 13.9. The number of piperazine rings is 1. The summed E-state index contributed by atoms with van der Waals surface area (Å²) in [6, 6.07) is 2.98. The van der Waals surface area contributed by atoms with Crippen LogP contribution in [0.5, 0.6) is 0 Å².